The van der Waals surface area contributed by atoms with Crippen molar-refractivity contribution in [2.45, 2.75) is 0 Å². The van der Waals surface area contributed by atoms with Crippen molar-refractivity contribution in [3.05, 3.63) is 52.5 Å². The van der Waals surface area contributed by atoms with Gasteiger partial charge in [-0.2, -0.15) is 4.98 Å². The Kier molecular flexibility index (Phi) is 5.84. The van der Waals surface area contributed by atoms with Gasteiger partial charge < -0.3 is 14.6 Å². The first-order valence-corrected chi connectivity index (χ1v) is 11.7. The van der Waals surface area contributed by atoms with E-state index in [1.165, 1.54) is 0 Å². The normalized spacial score (nSPS) is 11.3. The van der Waals surface area contributed by atoms with Crippen molar-refractivity contribution >= 4 is 51.5 Å². The van der Waals surface area contributed by atoms with E-state index in [1.54, 1.807) is 32.8 Å². The minimum Gasteiger partial charge on any atom is -0.495 e. The lowest BCUT2D eigenvalue weighted by Crippen LogP contribution is -2.11. The molecule has 0 aliphatic heterocycles. The van der Waals surface area contributed by atoms with Gasteiger partial charge in [0.25, 0.3) is 0 Å². The average molecular weight is 468 g/mol. The third-order valence-corrected chi connectivity index (χ3v) is 6.11. The lowest BCUT2D eigenvalue weighted by molar-refractivity contribution is 0.413. The molecule has 0 saturated carbocycles. The SMILES string of the molecule is COc1ccc(-c2ccc(Nc3nc(Cl)ncc3Br)c(P(C)(C)=O)c2)nc1. The number of hydrogen-bond donors (Lipinski definition) is 1. The first kappa shape index (κ1) is 19.8. The van der Waals surface area contributed by atoms with Crippen molar-refractivity contribution < 1.29 is 9.30 Å². The maximum absolute atomic E-state index is 12.9. The van der Waals surface area contributed by atoms with Gasteiger partial charge in [0, 0.05) is 17.1 Å². The van der Waals surface area contributed by atoms with E-state index in [9.17, 15) is 4.57 Å². The Morgan fingerprint density at radius 2 is 1.93 bits per heavy atom. The van der Waals surface area contributed by atoms with Crippen molar-refractivity contribution in [1.82, 2.24) is 15.0 Å². The van der Waals surface area contributed by atoms with Crippen LogP contribution in [0.2, 0.25) is 5.28 Å². The fraction of sp³-hybridized carbons (Fsp3) is 0.167. The highest BCUT2D eigenvalue weighted by atomic mass is 79.9. The molecule has 27 heavy (non-hydrogen) atoms. The standard InChI is InChI=1S/C18H17BrClN4O2P/c1-26-12-5-7-14(21-9-12)11-4-6-15(16(8-11)27(2,3)25)23-17-13(19)10-22-18(20)24-17/h4-10H,1-3H3,(H,22,23,24). The van der Waals surface area contributed by atoms with Crippen LogP contribution in [0.25, 0.3) is 11.3 Å². The molecule has 6 nitrogen and oxygen atoms in total. The third kappa shape index (κ3) is 4.67. The highest BCUT2D eigenvalue weighted by Gasteiger charge is 2.19. The van der Waals surface area contributed by atoms with Crippen LogP contribution in [0.15, 0.2) is 47.2 Å². The number of methoxy groups -OCH3 is 1. The van der Waals surface area contributed by atoms with Crippen LogP contribution in [0.4, 0.5) is 11.5 Å². The molecule has 1 N–H and O–H groups in total. The number of nitrogens with zero attached hydrogens (tertiary/aromatic N) is 3. The zero-order valence-electron chi connectivity index (χ0n) is 14.9. The second-order valence-corrected chi connectivity index (χ2v) is 10.5. The maximum Gasteiger partial charge on any atom is 0.224 e. The Bertz CT molecular complexity index is 1020. The Balaban J connectivity index is 2.04. The average Bonchev–Trinajstić information content (AvgIpc) is 2.64. The fourth-order valence-electron chi connectivity index (χ4n) is 2.47. The Morgan fingerprint density at radius 1 is 1.15 bits per heavy atom. The first-order chi connectivity index (χ1) is 12.8. The summed E-state index contributed by atoms with van der Waals surface area (Å²) in [5.41, 5.74) is 2.32. The molecule has 0 bridgehead atoms. The molecular weight excluding hydrogens is 451 g/mol. The summed E-state index contributed by atoms with van der Waals surface area (Å²) in [7, 11) is -0.995. The van der Waals surface area contributed by atoms with Gasteiger partial charge in [-0.25, -0.2) is 4.98 Å². The van der Waals surface area contributed by atoms with Crippen LogP contribution in [0.5, 0.6) is 5.75 Å². The van der Waals surface area contributed by atoms with Crippen LogP contribution in [0.1, 0.15) is 0 Å². The molecule has 0 unspecified atom stereocenters. The Labute approximate surface area is 170 Å². The third-order valence-electron chi connectivity index (χ3n) is 3.81. The van der Waals surface area contributed by atoms with E-state index in [2.05, 4.69) is 36.2 Å². The molecule has 0 amide bonds. The second kappa shape index (κ2) is 7.97. The Morgan fingerprint density at radius 3 is 2.56 bits per heavy atom. The number of halogens is 2. The molecule has 9 heteroatoms. The van der Waals surface area contributed by atoms with Crippen molar-refractivity contribution in [3.8, 4) is 17.0 Å². The van der Waals surface area contributed by atoms with Crippen LogP contribution >= 0.6 is 34.7 Å². The second-order valence-electron chi connectivity index (χ2n) is 6.13. The molecule has 0 spiro atoms. The monoisotopic (exact) mass is 466 g/mol. The van der Waals surface area contributed by atoms with E-state index in [0.29, 0.717) is 27.0 Å². The number of aromatic nitrogens is 3. The minimum atomic E-state index is -2.59. The van der Waals surface area contributed by atoms with E-state index in [1.807, 2.05) is 30.3 Å². The summed E-state index contributed by atoms with van der Waals surface area (Å²) in [5, 5.41) is 4.01. The number of anilines is 2. The molecule has 140 valence electrons. The summed E-state index contributed by atoms with van der Waals surface area (Å²) in [6, 6.07) is 9.36. The summed E-state index contributed by atoms with van der Waals surface area (Å²) in [6.07, 6.45) is 3.21. The molecule has 0 radical (unpaired) electrons. The van der Waals surface area contributed by atoms with E-state index in [0.717, 1.165) is 11.3 Å². The molecule has 0 saturated heterocycles. The molecule has 0 fully saturated rings. The quantitative estimate of drug-likeness (QED) is 0.422. The predicted octanol–water partition coefficient (Wildman–Crippen LogP) is 4.95. The number of hydrogen-bond acceptors (Lipinski definition) is 6. The van der Waals surface area contributed by atoms with Crippen LogP contribution in [0, 0.1) is 0 Å². The summed E-state index contributed by atoms with van der Waals surface area (Å²) in [6.45, 7) is 3.45. The van der Waals surface area contributed by atoms with Crippen molar-refractivity contribution in [2.75, 3.05) is 25.8 Å². The van der Waals surface area contributed by atoms with Gasteiger partial charge in [0.1, 0.15) is 18.7 Å². The zero-order chi connectivity index (χ0) is 19.6. The topological polar surface area (TPSA) is 77.0 Å². The van der Waals surface area contributed by atoms with Gasteiger partial charge in [0.05, 0.1) is 29.2 Å². The van der Waals surface area contributed by atoms with Crippen LogP contribution in [0.3, 0.4) is 0 Å². The van der Waals surface area contributed by atoms with Gasteiger partial charge in [-0.3, -0.25) is 4.98 Å². The number of rotatable bonds is 5. The molecule has 0 aliphatic carbocycles. The number of ether oxygens (including phenoxy) is 1. The molecular formula is C18H17BrClN4O2P. The van der Waals surface area contributed by atoms with Crippen molar-refractivity contribution in [2.24, 2.45) is 0 Å². The summed E-state index contributed by atoms with van der Waals surface area (Å²) in [4.78, 5) is 12.5. The lowest BCUT2D eigenvalue weighted by Gasteiger charge is -2.17. The molecule has 0 atom stereocenters. The first-order valence-electron chi connectivity index (χ1n) is 7.93. The molecule has 2 aromatic heterocycles. The smallest absolute Gasteiger partial charge is 0.224 e. The molecule has 2 heterocycles. The summed E-state index contributed by atoms with van der Waals surface area (Å²) in [5.74, 6) is 1.18. The van der Waals surface area contributed by atoms with E-state index < -0.39 is 7.14 Å². The van der Waals surface area contributed by atoms with Crippen LogP contribution in [-0.2, 0) is 4.57 Å². The van der Waals surface area contributed by atoms with Crippen LogP contribution in [-0.4, -0.2) is 35.4 Å². The van der Waals surface area contributed by atoms with E-state index in [4.69, 9.17) is 16.3 Å². The molecule has 1 aromatic carbocycles. The summed E-state index contributed by atoms with van der Waals surface area (Å²) < 4.78 is 18.7. The van der Waals surface area contributed by atoms with Gasteiger partial charge >= 0.3 is 0 Å². The summed E-state index contributed by atoms with van der Waals surface area (Å²) >= 11 is 9.28. The maximum atomic E-state index is 12.9. The van der Waals surface area contributed by atoms with Crippen LogP contribution < -0.4 is 15.4 Å². The van der Waals surface area contributed by atoms with Gasteiger partial charge in [0.15, 0.2) is 0 Å². The van der Waals surface area contributed by atoms with Gasteiger partial charge in [-0.05, 0) is 65.1 Å². The highest BCUT2D eigenvalue weighted by Crippen LogP contribution is 2.40. The van der Waals surface area contributed by atoms with Gasteiger partial charge in [-0.1, -0.05) is 6.07 Å². The number of benzene rings is 1. The molecule has 3 aromatic rings. The fourth-order valence-corrected chi connectivity index (χ4v) is 4.06. The Hall–Kier alpha value is -1.95. The predicted molar refractivity (Wildman–Crippen MR) is 113 cm³/mol. The lowest BCUT2D eigenvalue weighted by atomic mass is 10.1. The molecule has 0 aliphatic rings. The minimum absolute atomic E-state index is 0.123. The van der Waals surface area contributed by atoms with E-state index >= 15 is 0 Å². The number of pyridine rings is 1. The highest BCUT2D eigenvalue weighted by molar-refractivity contribution is 9.10. The van der Waals surface area contributed by atoms with Crippen molar-refractivity contribution in [1.29, 1.82) is 0 Å². The number of nitrogens with one attached hydrogen (secondary N) is 1. The van der Waals surface area contributed by atoms with Gasteiger partial charge in [0.2, 0.25) is 5.28 Å². The van der Waals surface area contributed by atoms with E-state index in [-0.39, 0.29) is 5.28 Å². The molecule has 3 rings (SSSR count). The van der Waals surface area contributed by atoms with Gasteiger partial charge in [-0.15, -0.1) is 0 Å². The largest absolute Gasteiger partial charge is 0.495 e. The zero-order valence-corrected chi connectivity index (χ0v) is 18.1. The van der Waals surface area contributed by atoms with Crippen molar-refractivity contribution in [3.63, 3.8) is 0 Å².